The maximum Gasteiger partial charge on any atom is 0.306 e. The van der Waals surface area contributed by atoms with E-state index in [-0.39, 0.29) is 23.9 Å². The fourth-order valence-corrected chi connectivity index (χ4v) is 9.40. The van der Waals surface area contributed by atoms with Crippen LogP contribution in [0.5, 0.6) is 0 Å². The van der Waals surface area contributed by atoms with Crippen LogP contribution in [0, 0.1) is 0 Å². The average Bonchev–Trinajstić information content (AvgIpc) is 3.26. The molecule has 11 heteroatoms. The second kappa shape index (κ2) is 46.5. The number of nitrogens with one attached hydrogen (secondary N) is 1. The minimum Gasteiger partial charge on any atom is -0.461 e. The molecule has 0 saturated heterocycles. The van der Waals surface area contributed by atoms with Gasteiger partial charge in [-0.05, 0) is 110 Å². The molecule has 0 saturated carbocycles. The number of hydrogen-bond donors (Lipinski definition) is 1. The van der Waals surface area contributed by atoms with Crippen molar-refractivity contribution < 1.29 is 23.9 Å². The number of allylic oxidation sites excluding steroid dienone is 2. The predicted octanol–water partition coefficient (Wildman–Crippen LogP) is 12.0. The van der Waals surface area contributed by atoms with Crippen molar-refractivity contribution in [2.24, 2.45) is 0 Å². The molecule has 0 fully saturated rings. The lowest BCUT2D eigenvalue weighted by Crippen LogP contribution is -2.46. The first-order valence-electron chi connectivity index (χ1n) is 25.0. The topological polar surface area (TPSA) is 91.4 Å². The Bertz CT molecular complexity index is 1010. The smallest absolute Gasteiger partial charge is 0.306 e. The number of ether oxygens (including phenoxy) is 2. The van der Waals surface area contributed by atoms with Crippen LogP contribution < -0.4 is 5.32 Å². The van der Waals surface area contributed by atoms with Gasteiger partial charge in [0, 0.05) is 44.5 Å². The van der Waals surface area contributed by atoms with Crippen molar-refractivity contribution >= 4 is 39.4 Å². The molecule has 0 rings (SSSR count). The molecule has 0 aliphatic heterocycles. The molecule has 0 aliphatic rings. The molecule has 61 heavy (non-hydrogen) atoms. The van der Waals surface area contributed by atoms with Crippen LogP contribution in [0.25, 0.3) is 0 Å². The number of amides is 1. The third kappa shape index (κ3) is 39.8. The Labute approximate surface area is 384 Å². The van der Waals surface area contributed by atoms with E-state index in [1.54, 1.807) is 0 Å². The Hall–Kier alpha value is -1.53. The molecular formula is C50H96N4O5S2. The molecule has 0 aromatic heterocycles. The standard InChI is InChI=1S/C50H96N4O5S2/c1-7-11-13-15-17-25-32-43-58-48(55)35-27-21-19-23-29-38-54(39-30-24-20-22-28-36-49(56)59-44-33-26-18-16-14-12-8-2)40-31-34-45-60-61-46-37-47(51-5)50(57)52(6)41-42-53(9-3)10-4/h25-26,32-33,47,51H,7-24,27-31,34-46H2,1-6H3/b32-25-,33-26-. The second-order valence-electron chi connectivity index (χ2n) is 16.7. The highest BCUT2D eigenvalue weighted by molar-refractivity contribution is 8.76. The average molecular weight is 897 g/mol. The lowest BCUT2D eigenvalue weighted by Gasteiger charge is -2.26. The van der Waals surface area contributed by atoms with E-state index in [0.29, 0.717) is 26.1 Å². The lowest BCUT2D eigenvalue weighted by molar-refractivity contribution is -0.143. The summed E-state index contributed by atoms with van der Waals surface area (Å²) in [6.07, 6.45) is 35.9. The van der Waals surface area contributed by atoms with Crippen molar-refractivity contribution in [1.82, 2.24) is 20.0 Å². The van der Waals surface area contributed by atoms with Gasteiger partial charge in [0.25, 0.3) is 0 Å². The van der Waals surface area contributed by atoms with Gasteiger partial charge in [0.15, 0.2) is 0 Å². The maximum absolute atomic E-state index is 13.0. The van der Waals surface area contributed by atoms with Gasteiger partial charge < -0.3 is 29.5 Å². The van der Waals surface area contributed by atoms with E-state index in [1.807, 2.05) is 52.7 Å². The van der Waals surface area contributed by atoms with Crippen molar-refractivity contribution in [3.05, 3.63) is 24.3 Å². The molecule has 358 valence electrons. The first kappa shape index (κ1) is 59.5. The summed E-state index contributed by atoms with van der Waals surface area (Å²) in [4.78, 5) is 44.2. The normalized spacial score (nSPS) is 12.3. The van der Waals surface area contributed by atoms with E-state index < -0.39 is 0 Å². The second-order valence-corrected chi connectivity index (χ2v) is 19.4. The molecule has 0 radical (unpaired) electrons. The van der Waals surface area contributed by atoms with E-state index in [9.17, 15) is 14.4 Å². The summed E-state index contributed by atoms with van der Waals surface area (Å²) >= 11 is 0. The van der Waals surface area contributed by atoms with Crippen LogP contribution >= 0.6 is 21.6 Å². The minimum atomic E-state index is -0.124. The van der Waals surface area contributed by atoms with Crippen LogP contribution in [-0.2, 0) is 23.9 Å². The van der Waals surface area contributed by atoms with Gasteiger partial charge >= 0.3 is 11.9 Å². The highest BCUT2D eigenvalue weighted by Gasteiger charge is 2.20. The number of carbonyl (C=O) groups is 3. The molecule has 1 unspecified atom stereocenters. The van der Waals surface area contributed by atoms with E-state index >= 15 is 0 Å². The van der Waals surface area contributed by atoms with Gasteiger partial charge in [0.1, 0.15) is 13.2 Å². The molecule has 1 atom stereocenters. The van der Waals surface area contributed by atoms with Gasteiger partial charge in [-0.15, -0.1) is 0 Å². The molecule has 0 bridgehead atoms. The van der Waals surface area contributed by atoms with Crippen molar-refractivity contribution in [3.8, 4) is 0 Å². The molecule has 0 heterocycles. The van der Waals surface area contributed by atoms with E-state index in [2.05, 4.69) is 55.0 Å². The van der Waals surface area contributed by atoms with Crippen molar-refractivity contribution in [1.29, 1.82) is 0 Å². The maximum atomic E-state index is 13.0. The first-order chi connectivity index (χ1) is 29.8. The summed E-state index contributed by atoms with van der Waals surface area (Å²) in [5.41, 5.74) is 0. The number of likely N-dealkylation sites (N-methyl/N-ethyl adjacent to an activating group) is 3. The largest absolute Gasteiger partial charge is 0.461 e. The molecule has 1 amide bonds. The quantitative estimate of drug-likeness (QED) is 0.0276. The number of nitrogens with zero attached hydrogens (tertiary/aromatic N) is 3. The van der Waals surface area contributed by atoms with E-state index in [4.69, 9.17) is 9.47 Å². The Morgan fingerprint density at radius 1 is 0.525 bits per heavy atom. The van der Waals surface area contributed by atoms with E-state index in [1.165, 1.54) is 89.9 Å². The van der Waals surface area contributed by atoms with Crippen LogP contribution in [0.4, 0.5) is 0 Å². The number of rotatable bonds is 46. The zero-order chi connectivity index (χ0) is 44.9. The third-order valence-corrected chi connectivity index (χ3v) is 13.9. The fraction of sp³-hybridized carbons (Fsp3) is 0.860. The summed E-state index contributed by atoms with van der Waals surface area (Å²) in [5, 5.41) is 3.25. The Kier molecular flexibility index (Phi) is 45.3. The Morgan fingerprint density at radius 2 is 0.984 bits per heavy atom. The van der Waals surface area contributed by atoms with Gasteiger partial charge in [-0.1, -0.05) is 151 Å². The summed E-state index contributed by atoms with van der Waals surface area (Å²) in [6, 6.07) is -0.124. The zero-order valence-corrected chi connectivity index (χ0v) is 42.2. The molecular weight excluding hydrogens is 801 g/mol. The Balaban J connectivity index is 4.45. The number of esters is 2. The van der Waals surface area contributed by atoms with Crippen LogP contribution in [0.2, 0.25) is 0 Å². The van der Waals surface area contributed by atoms with Crippen LogP contribution in [0.1, 0.15) is 188 Å². The predicted molar refractivity (Wildman–Crippen MR) is 267 cm³/mol. The van der Waals surface area contributed by atoms with Crippen LogP contribution in [0.15, 0.2) is 24.3 Å². The first-order valence-corrected chi connectivity index (χ1v) is 27.5. The van der Waals surface area contributed by atoms with Crippen LogP contribution in [-0.4, -0.2) is 123 Å². The SMILES string of the molecule is CCCCCC/C=C\COC(=O)CCCCCCCN(CCCCCCCC(=O)OC/C=C\CCCCCC)CCCCSSCCC(NC)C(=O)N(C)CCN(CC)CC. The highest BCUT2D eigenvalue weighted by atomic mass is 33.1. The van der Waals surface area contributed by atoms with Crippen molar-refractivity contribution in [2.75, 3.05) is 84.6 Å². The van der Waals surface area contributed by atoms with Gasteiger partial charge in [-0.25, -0.2) is 0 Å². The third-order valence-electron chi connectivity index (χ3n) is 11.4. The Morgan fingerprint density at radius 3 is 1.48 bits per heavy atom. The molecule has 0 aliphatic carbocycles. The monoisotopic (exact) mass is 897 g/mol. The molecule has 0 aromatic rings. The van der Waals surface area contributed by atoms with E-state index in [0.717, 1.165) is 115 Å². The summed E-state index contributed by atoms with van der Waals surface area (Å²) < 4.78 is 10.8. The van der Waals surface area contributed by atoms with Crippen molar-refractivity contribution in [2.45, 2.75) is 194 Å². The van der Waals surface area contributed by atoms with Gasteiger partial charge in [0.2, 0.25) is 5.91 Å². The molecule has 1 N–H and O–H groups in total. The number of carbonyl (C=O) groups excluding carboxylic acids is 3. The molecule has 0 aromatic carbocycles. The number of hydrogen-bond acceptors (Lipinski definition) is 10. The lowest BCUT2D eigenvalue weighted by atomic mass is 10.1. The van der Waals surface area contributed by atoms with Gasteiger partial charge in [-0.3, -0.25) is 14.4 Å². The fourth-order valence-electron chi connectivity index (χ4n) is 7.16. The summed E-state index contributed by atoms with van der Waals surface area (Å²) in [7, 11) is 7.67. The molecule has 9 nitrogen and oxygen atoms in total. The summed E-state index contributed by atoms with van der Waals surface area (Å²) in [6.45, 7) is 16.7. The van der Waals surface area contributed by atoms with Gasteiger partial charge in [0.05, 0.1) is 6.04 Å². The van der Waals surface area contributed by atoms with Crippen molar-refractivity contribution in [3.63, 3.8) is 0 Å². The van der Waals surface area contributed by atoms with Gasteiger partial charge in [-0.2, -0.15) is 0 Å². The molecule has 0 spiro atoms. The minimum absolute atomic E-state index is 0.0727. The number of unbranched alkanes of at least 4 members (excludes halogenated alkanes) is 17. The summed E-state index contributed by atoms with van der Waals surface area (Å²) in [5.74, 6) is 2.15. The zero-order valence-electron chi connectivity index (χ0n) is 40.5. The highest BCUT2D eigenvalue weighted by Crippen LogP contribution is 2.24. The van der Waals surface area contributed by atoms with Crippen LogP contribution in [0.3, 0.4) is 0 Å².